The highest BCUT2D eigenvalue weighted by atomic mass is 32.1. The monoisotopic (exact) mass is 282 g/mol. The lowest BCUT2D eigenvalue weighted by molar-refractivity contribution is 0.0944. The molecule has 1 aromatic heterocycles. The lowest BCUT2D eigenvalue weighted by atomic mass is 10.2. The van der Waals surface area contributed by atoms with Crippen LogP contribution < -0.4 is 16.0 Å². The zero-order chi connectivity index (χ0) is 14.0. The number of aromatic nitrogens is 1. The maximum Gasteiger partial charge on any atom is 0.258 e. The van der Waals surface area contributed by atoms with Gasteiger partial charge in [-0.25, -0.2) is 0 Å². The molecular weight excluding hydrogens is 260 g/mol. The molecule has 19 heavy (non-hydrogen) atoms. The first-order chi connectivity index (χ1) is 9.02. The number of amides is 1. The van der Waals surface area contributed by atoms with Gasteiger partial charge in [-0.05, 0) is 51.1 Å². The Labute approximate surface area is 118 Å². The maximum absolute atomic E-state index is 12.2. The lowest BCUT2D eigenvalue weighted by Gasteiger charge is -2.22. The van der Waals surface area contributed by atoms with E-state index in [9.17, 15) is 4.79 Å². The van der Waals surface area contributed by atoms with Crippen LogP contribution in [0, 0.1) is 5.92 Å². The molecule has 0 aliphatic heterocycles. The summed E-state index contributed by atoms with van der Waals surface area (Å²) in [5.74, 6) is 0.988. The molecular formula is C13H22N4OS. The molecule has 1 heterocycles. The molecule has 0 aromatic carbocycles. The second-order valence-corrected chi connectivity index (χ2v) is 6.11. The van der Waals surface area contributed by atoms with Gasteiger partial charge in [-0.15, -0.1) is 0 Å². The number of nitrogen functional groups attached to an aromatic ring is 1. The Hall–Kier alpha value is -1.30. The molecule has 1 aliphatic carbocycles. The highest BCUT2D eigenvalue weighted by Crippen LogP contribution is 2.35. The molecule has 0 saturated heterocycles. The number of carbonyl (C=O) groups is 1. The van der Waals surface area contributed by atoms with Gasteiger partial charge in [0.25, 0.3) is 5.91 Å². The molecule has 2 rings (SSSR count). The van der Waals surface area contributed by atoms with E-state index in [1.54, 1.807) is 0 Å². The molecule has 3 N–H and O–H groups in total. The number of rotatable bonds is 6. The van der Waals surface area contributed by atoms with Gasteiger partial charge in [0.2, 0.25) is 0 Å². The SMILES string of the molecule is CCN(CC1CC1)c1snc(N)c1C(=O)NC(C)C. The fourth-order valence-electron chi connectivity index (χ4n) is 2.02. The van der Waals surface area contributed by atoms with Crippen molar-refractivity contribution in [3.8, 4) is 0 Å². The Morgan fingerprint density at radius 1 is 1.58 bits per heavy atom. The third-order valence-corrected chi connectivity index (χ3v) is 4.11. The van der Waals surface area contributed by atoms with Crippen LogP contribution in [0.3, 0.4) is 0 Å². The van der Waals surface area contributed by atoms with E-state index < -0.39 is 0 Å². The van der Waals surface area contributed by atoms with Crippen molar-refractivity contribution in [2.24, 2.45) is 5.92 Å². The molecule has 1 aliphatic rings. The Bertz CT molecular complexity index is 453. The normalized spacial score (nSPS) is 14.7. The topological polar surface area (TPSA) is 71.2 Å². The Balaban J connectivity index is 2.21. The zero-order valence-electron chi connectivity index (χ0n) is 11.8. The van der Waals surface area contributed by atoms with Gasteiger partial charge in [0.1, 0.15) is 10.6 Å². The van der Waals surface area contributed by atoms with E-state index in [1.165, 1.54) is 24.4 Å². The van der Waals surface area contributed by atoms with Crippen LogP contribution in [0.2, 0.25) is 0 Å². The van der Waals surface area contributed by atoms with Crippen LogP contribution in [-0.4, -0.2) is 29.4 Å². The van der Waals surface area contributed by atoms with Crippen LogP contribution in [0.5, 0.6) is 0 Å². The third kappa shape index (κ3) is 3.37. The van der Waals surface area contributed by atoms with E-state index >= 15 is 0 Å². The van der Waals surface area contributed by atoms with Crippen molar-refractivity contribution in [2.75, 3.05) is 23.7 Å². The summed E-state index contributed by atoms with van der Waals surface area (Å²) in [6.07, 6.45) is 2.58. The Morgan fingerprint density at radius 2 is 2.26 bits per heavy atom. The summed E-state index contributed by atoms with van der Waals surface area (Å²) in [5, 5.41) is 3.80. The molecule has 0 atom stereocenters. The smallest absolute Gasteiger partial charge is 0.258 e. The summed E-state index contributed by atoms with van der Waals surface area (Å²) in [5.41, 5.74) is 6.41. The molecule has 0 bridgehead atoms. The highest BCUT2D eigenvalue weighted by Gasteiger charge is 2.28. The van der Waals surface area contributed by atoms with Crippen LogP contribution in [-0.2, 0) is 0 Å². The first-order valence-electron chi connectivity index (χ1n) is 6.83. The van der Waals surface area contributed by atoms with Crippen LogP contribution in [0.15, 0.2) is 0 Å². The van der Waals surface area contributed by atoms with Crippen LogP contribution >= 0.6 is 11.5 Å². The number of carbonyl (C=O) groups excluding carboxylic acids is 1. The van der Waals surface area contributed by atoms with E-state index in [2.05, 4.69) is 21.5 Å². The number of hydrogen-bond donors (Lipinski definition) is 2. The average Bonchev–Trinajstić information content (AvgIpc) is 3.07. The predicted molar refractivity (Wildman–Crippen MR) is 79.7 cm³/mol. The van der Waals surface area contributed by atoms with Crippen molar-refractivity contribution in [3.63, 3.8) is 0 Å². The molecule has 1 saturated carbocycles. The quantitative estimate of drug-likeness (QED) is 0.838. The molecule has 1 aromatic rings. The third-order valence-electron chi connectivity index (χ3n) is 3.19. The largest absolute Gasteiger partial charge is 0.382 e. The number of nitrogens with two attached hydrogens (primary N) is 1. The zero-order valence-corrected chi connectivity index (χ0v) is 12.6. The second-order valence-electron chi connectivity index (χ2n) is 5.36. The van der Waals surface area contributed by atoms with Gasteiger partial charge < -0.3 is 16.0 Å². The van der Waals surface area contributed by atoms with Crippen molar-refractivity contribution in [1.82, 2.24) is 9.69 Å². The summed E-state index contributed by atoms with van der Waals surface area (Å²) in [4.78, 5) is 14.5. The summed E-state index contributed by atoms with van der Waals surface area (Å²) in [6.45, 7) is 7.85. The summed E-state index contributed by atoms with van der Waals surface area (Å²) >= 11 is 1.32. The number of nitrogens with zero attached hydrogens (tertiary/aromatic N) is 2. The summed E-state index contributed by atoms with van der Waals surface area (Å²) in [6, 6.07) is 0.0955. The van der Waals surface area contributed by atoms with Crippen LogP contribution in [0.1, 0.15) is 44.0 Å². The van der Waals surface area contributed by atoms with Gasteiger partial charge in [-0.1, -0.05) is 0 Å². The number of nitrogens with one attached hydrogen (secondary N) is 1. The first-order valence-corrected chi connectivity index (χ1v) is 7.61. The van der Waals surface area contributed by atoms with Gasteiger partial charge in [-0.3, -0.25) is 4.79 Å². The average molecular weight is 282 g/mol. The molecule has 1 fully saturated rings. The van der Waals surface area contributed by atoms with E-state index in [1.807, 2.05) is 13.8 Å². The van der Waals surface area contributed by atoms with E-state index in [0.29, 0.717) is 11.4 Å². The molecule has 5 nitrogen and oxygen atoms in total. The van der Waals surface area contributed by atoms with Gasteiger partial charge in [-0.2, -0.15) is 4.37 Å². The highest BCUT2D eigenvalue weighted by molar-refractivity contribution is 7.11. The van der Waals surface area contributed by atoms with E-state index in [-0.39, 0.29) is 11.9 Å². The van der Waals surface area contributed by atoms with Crippen molar-refractivity contribution in [3.05, 3.63) is 5.56 Å². The Morgan fingerprint density at radius 3 is 2.79 bits per heavy atom. The maximum atomic E-state index is 12.2. The minimum atomic E-state index is -0.120. The van der Waals surface area contributed by atoms with Crippen molar-refractivity contribution < 1.29 is 4.79 Å². The van der Waals surface area contributed by atoms with Crippen LogP contribution in [0.4, 0.5) is 10.8 Å². The second kappa shape index (κ2) is 5.77. The standard InChI is InChI=1S/C13H22N4OS/c1-4-17(7-9-5-6-9)13-10(11(14)16-19-13)12(18)15-8(2)3/h8-9H,4-7H2,1-3H3,(H2,14,16)(H,15,18). The number of hydrogen-bond acceptors (Lipinski definition) is 5. The van der Waals surface area contributed by atoms with Gasteiger partial charge in [0.15, 0.2) is 5.82 Å². The molecule has 1 amide bonds. The van der Waals surface area contributed by atoms with Crippen molar-refractivity contribution in [2.45, 2.75) is 39.7 Å². The minimum Gasteiger partial charge on any atom is -0.382 e. The molecule has 6 heteroatoms. The van der Waals surface area contributed by atoms with Gasteiger partial charge >= 0.3 is 0 Å². The van der Waals surface area contributed by atoms with Gasteiger partial charge in [0.05, 0.1) is 0 Å². The lowest BCUT2D eigenvalue weighted by Crippen LogP contribution is -2.33. The fourth-order valence-corrected chi connectivity index (χ4v) is 2.91. The molecule has 0 radical (unpaired) electrons. The van der Waals surface area contributed by atoms with Crippen molar-refractivity contribution >= 4 is 28.3 Å². The van der Waals surface area contributed by atoms with Gasteiger partial charge in [0, 0.05) is 19.1 Å². The minimum absolute atomic E-state index is 0.0955. The molecule has 0 unspecified atom stereocenters. The first kappa shape index (κ1) is 14.1. The van der Waals surface area contributed by atoms with E-state index in [0.717, 1.165) is 24.0 Å². The van der Waals surface area contributed by atoms with Crippen LogP contribution in [0.25, 0.3) is 0 Å². The number of anilines is 2. The Kier molecular flexibility index (Phi) is 4.29. The fraction of sp³-hybridized carbons (Fsp3) is 0.692. The van der Waals surface area contributed by atoms with Crippen molar-refractivity contribution in [1.29, 1.82) is 0 Å². The summed E-state index contributed by atoms with van der Waals surface area (Å²) in [7, 11) is 0. The predicted octanol–water partition coefficient (Wildman–Crippen LogP) is 2.10. The van der Waals surface area contributed by atoms with E-state index in [4.69, 9.17) is 5.73 Å². The summed E-state index contributed by atoms with van der Waals surface area (Å²) < 4.78 is 4.16. The molecule has 0 spiro atoms. The molecule has 106 valence electrons.